The minimum Gasteiger partial charge on any atom is -0.494 e. The molecule has 0 spiro atoms. The van der Waals surface area contributed by atoms with Gasteiger partial charge in [-0.05, 0) is 55.1 Å². The summed E-state index contributed by atoms with van der Waals surface area (Å²) in [5.41, 5.74) is 4.21. The van der Waals surface area contributed by atoms with E-state index in [4.69, 9.17) is 4.74 Å². The highest BCUT2D eigenvalue weighted by Crippen LogP contribution is 2.27. The highest BCUT2D eigenvalue weighted by Gasteiger charge is 2.35. The van der Waals surface area contributed by atoms with Crippen LogP contribution in [0.5, 0.6) is 5.75 Å². The SMILES string of the molecule is CCOc1ccc(N2C[C@H](C(=O)N/N=C\c3ccc(SC)cc3)CC2=O)cc1. The first-order valence-electron chi connectivity index (χ1n) is 9.11. The average Bonchev–Trinajstić information content (AvgIpc) is 3.11. The van der Waals surface area contributed by atoms with Crippen molar-refractivity contribution in [3.63, 3.8) is 0 Å². The fourth-order valence-electron chi connectivity index (χ4n) is 2.97. The van der Waals surface area contributed by atoms with Gasteiger partial charge in [0.05, 0.1) is 18.7 Å². The molecule has 7 heteroatoms. The Morgan fingerprint density at radius 2 is 1.96 bits per heavy atom. The van der Waals surface area contributed by atoms with Crippen LogP contribution >= 0.6 is 11.8 Å². The van der Waals surface area contributed by atoms with Gasteiger partial charge in [0.15, 0.2) is 0 Å². The molecule has 2 amide bonds. The summed E-state index contributed by atoms with van der Waals surface area (Å²) in [7, 11) is 0. The lowest BCUT2D eigenvalue weighted by atomic mass is 10.1. The number of hydrogen-bond donors (Lipinski definition) is 1. The minimum atomic E-state index is -0.421. The van der Waals surface area contributed by atoms with Crippen LogP contribution in [0.2, 0.25) is 0 Å². The topological polar surface area (TPSA) is 71.0 Å². The molecule has 2 aromatic carbocycles. The summed E-state index contributed by atoms with van der Waals surface area (Å²) in [5.74, 6) is 0.0156. The summed E-state index contributed by atoms with van der Waals surface area (Å²) in [4.78, 5) is 27.5. The number of hydrogen-bond acceptors (Lipinski definition) is 5. The first-order valence-corrected chi connectivity index (χ1v) is 10.3. The van der Waals surface area contributed by atoms with Crippen LogP contribution in [0.1, 0.15) is 18.9 Å². The van der Waals surface area contributed by atoms with E-state index in [0.717, 1.165) is 17.0 Å². The van der Waals surface area contributed by atoms with E-state index < -0.39 is 5.92 Å². The van der Waals surface area contributed by atoms with Gasteiger partial charge >= 0.3 is 0 Å². The molecule has 1 fully saturated rings. The third kappa shape index (κ3) is 4.92. The summed E-state index contributed by atoms with van der Waals surface area (Å²) in [6.45, 7) is 2.85. The Kier molecular flexibility index (Phi) is 6.71. The molecule has 0 aliphatic carbocycles. The fourth-order valence-corrected chi connectivity index (χ4v) is 3.38. The summed E-state index contributed by atoms with van der Waals surface area (Å²) >= 11 is 1.67. The molecule has 1 aliphatic rings. The Labute approximate surface area is 169 Å². The molecule has 1 N–H and O–H groups in total. The number of hydrazone groups is 1. The number of nitrogens with zero attached hydrogens (tertiary/aromatic N) is 2. The lowest BCUT2D eigenvalue weighted by Gasteiger charge is -2.17. The smallest absolute Gasteiger partial charge is 0.245 e. The number of thioether (sulfide) groups is 1. The first-order chi connectivity index (χ1) is 13.6. The van der Waals surface area contributed by atoms with Gasteiger partial charge in [0.1, 0.15) is 5.75 Å². The zero-order chi connectivity index (χ0) is 19.9. The van der Waals surface area contributed by atoms with Crippen molar-refractivity contribution in [2.75, 3.05) is 24.3 Å². The Hall–Kier alpha value is -2.80. The molecule has 3 rings (SSSR count). The zero-order valence-corrected chi connectivity index (χ0v) is 16.7. The largest absolute Gasteiger partial charge is 0.494 e. The molecule has 0 bridgehead atoms. The molecule has 2 aromatic rings. The maximum absolute atomic E-state index is 12.4. The monoisotopic (exact) mass is 397 g/mol. The fraction of sp³-hybridized carbons (Fsp3) is 0.286. The van der Waals surface area contributed by atoms with Gasteiger partial charge in [-0.1, -0.05) is 12.1 Å². The summed E-state index contributed by atoms with van der Waals surface area (Å²) in [6, 6.07) is 15.2. The van der Waals surface area contributed by atoms with Crippen molar-refractivity contribution in [3.05, 3.63) is 54.1 Å². The normalized spacial score (nSPS) is 16.6. The maximum Gasteiger partial charge on any atom is 0.245 e. The van der Waals surface area contributed by atoms with E-state index in [1.807, 2.05) is 61.7 Å². The van der Waals surface area contributed by atoms with E-state index in [0.29, 0.717) is 13.2 Å². The molecule has 0 aromatic heterocycles. The van der Waals surface area contributed by atoms with Crippen LogP contribution in [0, 0.1) is 5.92 Å². The number of nitrogens with one attached hydrogen (secondary N) is 1. The first kappa shape index (κ1) is 19.9. The van der Waals surface area contributed by atoms with Crippen molar-refractivity contribution in [2.45, 2.75) is 18.2 Å². The predicted molar refractivity (Wildman–Crippen MR) is 112 cm³/mol. The second kappa shape index (κ2) is 9.41. The van der Waals surface area contributed by atoms with Gasteiger partial charge in [0.2, 0.25) is 11.8 Å². The van der Waals surface area contributed by atoms with Crippen LogP contribution in [0.15, 0.2) is 58.5 Å². The molecule has 1 saturated heterocycles. The lowest BCUT2D eigenvalue weighted by molar-refractivity contribution is -0.126. The molecule has 1 heterocycles. The quantitative estimate of drug-likeness (QED) is 0.442. The third-order valence-electron chi connectivity index (χ3n) is 4.46. The van der Waals surface area contributed by atoms with Crippen LogP contribution < -0.4 is 15.1 Å². The van der Waals surface area contributed by atoms with E-state index in [1.165, 1.54) is 4.90 Å². The summed E-state index contributed by atoms with van der Waals surface area (Å²) in [6.07, 6.45) is 3.79. The van der Waals surface area contributed by atoms with Crippen molar-refractivity contribution in [2.24, 2.45) is 11.0 Å². The molecule has 0 unspecified atom stereocenters. The second-order valence-electron chi connectivity index (χ2n) is 6.34. The van der Waals surface area contributed by atoms with Crippen LogP contribution in [-0.4, -0.2) is 37.4 Å². The van der Waals surface area contributed by atoms with E-state index in [1.54, 1.807) is 22.9 Å². The van der Waals surface area contributed by atoms with E-state index >= 15 is 0 Å². The highest BCUT2D eigenvalue weighted by atomic mass is 32.2. The zero-order valence-electron chi connectivity index (χ0n) is 15.9. The van der Waals surface area contributed by atoms with Gasteiger partial charge in [-0.2, -0.15) is 5.10 Å². The Balaban J connectivity index is 1.56. The molecule has 1 aliphatic heterocycles. The number of rotatable bonds is 7. The van der Waals surface area contributed by atoms with Gasteiger partial charge in [0, 0.05) is 23.5 Å². The standard InChI is InChI=1S/C21H23N3O3S/c1-3-27-18-8-6-17(7-9-18)24-14-16(12-20(24)25)21(26)23-22-13-15-4-10-19(28-2)11-5-15/h4-11,13,16H,3,12,14H2,1-2H3,(H,23,26)/b22-13-/t16-/m1/s1. The number of ether oxygens (including phenoxy) is 1. The minimum absolute atomic E-state index is 0.0686. The number of carbonyl (C=O) groups excluding carboxylic acids is 2. The maximum atomic E-state index is 12.4. The summed E-state index contributed by atoms with van der Waals surface area (Å²) < 4.78 is 5.42. The molecular weight excluding hydrogens is 374 g/mol. The van der Waals surface area contributed by atoms with Gasteiger partial charge in [-0.3, -0.25) is 9.59 Å². The van der Waals surface area contributed by atoms with Gasteiger partial charge in [-0.25, -0.2) is 5.43 Å². The van der Waals surface area contributed by atoms with Gasteiger partial charge < -0.3 is 9.64 Å². The Morgan fingerprint density at radius 1 is 1.25 bits per heavy atom. The lowest BCUT2D eigenvalue weighted by Crippen LogP contribution is -2.30. The second-order valence-corrected chi connectivity index (χ2v) is 7.22. The van der Waals surface area contributed by atoms with Gasteiger partial charge in [-0.15, -0.1) is 11.8 Å². The van der Waals surface area contributed by atoms with E-state index in [9.17, 15) is 9.59 Å². The van der Waals surface area contributed by atoms with Crippen molar-refractivity contribution in [1.29, 1.82) is 0 Å². The molecule has 1 atom stereocenters. The Morgan fingerprint density at radius 3 is 2.61 bits per heavy atom. The van der Waals surface area contributed by atoms with Crippen LogP contribution in [0.25, 0.3) is 0 Å². The Bertz CT molecular complexity index is 850. The predicted octanol–water partition coefficient (Wildman–Crippen LogP) is 3.31. The van der Waals surface area contributed by atoms with Crippen LogP contribution in [-0.2, 0) is 9.59 Å². The van der Waals surface area contributed by atoms with Crippen molar-refractivity contribution in [3.8, 4) is 5.75 Å². The molecule has 28 heavy (non-hydrogen) atoms. The van der Waals surface area contributed by atoms with Crippen LogP contribution in [0.4, 0.5) is 5.69 Å². The van der Waals surface area contributed by atoms with Crippen molar-refractivity contribution >= 4 is 35.5 Å². The molecular formula is C21H23N3O3S. The number of anilines is 1. The molecule has 6 nitrogen and oxygen atoms in total. The summed E-state index contributed by atoms with van der Waals surface area (Å²) in [5, 5.41) is 4.02. The highest BCUT2D eigenvalue weighted by molar-refractivity contribution is 7.98. The van der Waals surface area contributed by atoms with Crippen molar-refractivity contribution < 1.29 is 14.3 Å². The van der Waals surface area contributed by atoms with Crippen molar-refractivity contribution in [1.82, 2.24) is 5.43 Å². The number of carbonyl (C=O) groups is 2. The molecule has 0 radical (unpaired) electrons. The average molecular weight is 398 g/mol. The van der Waals surface area contributed by atoms with Crippen LogP contribution in [0.3, 0.4) is 0 Å². The number of benzene rings is 2. The van der Waals surface area contributed by atoms with Gasteiger partial charge in [0.25, 0.3) is 0 Å². The van der Waals surface area contributed by atoms with E-state index in [-0.39, 0.29) is 18.2 Å². The molecule has 146 valence electrons. The van der Waals surface area contributed by atoms with E-state index in [2.05, 4.69) is 10.5 Å². The molecule has 0 saturated carbocycles. The third-order valence-corrected chi connectivity index (χ3v) is 5.20. The number of amides is 2.